The number of ether oxygens (including phenoxy) is 3. The lowest BCUT2D eigenvalue weighted by Crippen LogP contribution is -2.33. The summed E-state index contributed by atoms with van der Waals surface area (Å²) < 4.78 is 17.9. The van der Waals surface area contributed by atoms with E-state index in [0.717, 1.165) is 16.6 Å². The summed E-state index contributed by atoms with van der Waals surface area (Å²) in [6.07, 6.45) is 2.10. The molecule has 8 nitrogen and oxygen atoms in total. The molecule has 0 spiro atoms. The third kappa shape index (κ3) is 5.25. The summed E-state index contributed by atoms with van der Waals surface area (Å²) in [5.41, 5.74) is 1.75. The summed E-state index contributed by atoms with van der Waals surface area (Å²) in [4.78, 5) is 37.2. The molecule has 0 radical (unpaired) electrons. The fourth-order valence-electron chi connectivity index (χ4n) is 3.63. The van der Waals surface area contributed by atoms with Gasteiger partial charge in [-0.05, 0) is 59.1 Å². The number of hydrogen-bond donors (Lipinski definition) is 1. The number of nitrogens with zero attached hydrogens (tertiary/aromatic N) is 1. The number of esters is 1. The summed E-state index contributed by atoms with van der Waals surface area (Å²) in [6, 6.07) is 3.84. The van der Waals surface area contributed by atoms with Crippen LogP contribution in [0.3, 0.4) is 0 Å². The van der Waals surface area contributed by atoms with Crippen molar-refractivity contribution in [2.75, 3.05) is 13.2 Å². The lowest BCUT2D eigenvalue weighted by molar-refractivity contribution is -0.00200. The topological polar surface area (TPSA) is 95.9 Å². The number of rotatable bonds is 6. The number of nitrogens with one attached hydrogen (secondary N) is 1. The molecular formula is C23H30N2O6. The second-order valence-corrected chi connectivity index (χ2v) is 8.59. The van der Waals surface area contributed by atoms with Gasteiger partial charge in [-0.1, -0.05) is 6.07 Å². The number of carbonyl (C=O) groups is 2. The maximum atomic E-state index is 13.1. The number of aryl methyl sites for hydroxylation is 1. The van der Waals surface area contributed by atoms with Gasteiger partial charge >= 0.3 is 12.1 Å². The van der Waals surface area contributed by atoms with Gasteiger partial charge in [-0.3, -0.25) is 4.79 Å². The molecule has 0 saturated carbocycles. The average molecular weight is 431 g/mol. The second kappa shape index (κ2) is 9.09. The fraction of sp³-hybridized carbons (Fsp3) is 0.522. The maximum Gasteiger partial charge on any atom is 0.407 e. The van der Waals surface area contributed by atoms with Crippen molar-refractivity contribution < 1.29 is 23.8 Å². The van der Waals surface area contributed by atoms with Crippen LogP contribution in [0.5, 0.6) is 0 Å². The molecule has 1 N–H and O–H groups in total. The average Bonchev–Trinajstić information content (AvgIpc) is 2.68. The van der Waals surface area contributed by atoms with Crippen LogP contribution in [-0.4, -0.2) is 35.4 Å². The summed E-state index contributed by atoms with van der Waals surface area (Å²) in [5, 5.41) is 3.22. The van der Waals surface area contributed by atoms with Gasteiger partial charge in [0.25, 0.3) is 0 Å². The molecule has 0 saturated heterocycles. The molecule has 2 heterocycles. The highest BCUT2D eigenvalue weighted by molar-refractivity contribution is 5.95. The minimum atomic E-state index is -0.635. The van der Waals surface area contributed by atoms with Crippen molar-refractivity contribution >= 4 is 23.0 Å². The van der Waals surface area contributed by atoms with Crippen molar-refractivity contribution in [1.82, 2.24) is 9.88 Å². The summed E-state index contributed by atoms with van der Waals surface area (Å²) in [7, 11) is 0. The molecule has 1 aliphatic heterocycles. The van der Waals surface area contributed by atoms with E-state index in [1.165, 1.54) is 6.20 Å². The minimum Gasteiger partial charge on any atom is -0.462 e. The Kier molecular flexibility index (Phi) is 6.69. The molecular weight excluding hydrogens is 400 g/mol. The molecule has 1 atom stereocenters. The molecule has 31 heavy (non-hydrogen) atoms. The quantitative estimate of drug-likeness (QED) is 0.555. The third-order valence-electron chi connectivity index (χ3n) is 4.94. The number of alkyl carbamates (subject to hydrolysis) is 1. The van der Waals surface area contributed by atoms with Crippen molar-refractivity contribution in [2.45, 2.75) is 65.9 Å². The molecule has 1 aromatic carbocycles. The van der Waals surface area contributed by atoms with Gasteiger partial charge in [-0.15, -0.1) is 0 Å². The van der Waals surface area contributed by atoms with Crippen LogP contribution in [0, 0.1) is 0 Å². The van der Waals surface area contributed by atoms with E-state index < -0.39 is 17.7 Å². The predicted octanol–water partition coefficient (Wildman–Crippen LogP) is 3.68. The van der Waals surface area contributed by atoms with Crippen LogP contribution < -0.4 is 10.7 Å². The molecule has 0 fully saturated rings. The van der Waals surface area contributed by atoms with Crippen molar-refractivity contribution in [2.24, 2.45) is 0 Å². The maximum absolute atomic E-state index is 13.1. The number of amides is 1. The number of aromatic nitrogens is 1. The van der Waals surface area contributed by atoms with Gasteiger partial charge in [0, 0.05) is 23.7 Å². The first-order chi connectivity index (χ1) is 14.6. The second-order valence-electron chi connectivity index (χ2n) is 8.59. The third-order valence-corrected chi connectivity index (χ3v) is 4.94. The highest BCUT2D eigenvalue weighted by Gasteiger charge is 2.24. The Morgan fingerprint density at radius 2 is 2.03 bits per heavy atom. The van der Waals surface area contributed by atoms with E-state index in [1.54, 1.807) is 6.92 Å². The van der Waals surface area contributed by atoms with Crippen LogP contribution in [-0.2, 0) is 27.2 Å². The molecule has 0 bridgehead atoms. The zero-order valence-corrected chi connectivity index (χ0v) is 18.7. The molecule has 8 heteroatoms. The SMILES string of the molecule is CCOC(=O)c1cn2c3c(cc(CCCNC(=O)OC(C)(C)C)cc3c1=O)COC2C. The smallest absolute Gasteiger partial charge is 0.407 e. The predicted molar refractivity (Wildman–Crippen MR) is 116 cm³/mol. The molecule has 2 aromatic rings. The summed E-state index contributed by atoms with van der Waals surface area (Å²) >= 11 is 0. The molecule has 1 unspecified atom stereocenters. The Labute approximate surface area is 181 Å². The lowest BCUT2D eigenvalue weighted by atomic mass is 9.99. The fourth-order valence-corrected chi connectivity index (χ4v) is 3.63. The van der Waals surface area contributed by atoms with Gasteiger partial charge < -0.3 is 24.1 Å². The summed E-state index contributed by atoms with van der Waals surface area (Å²) in [5.74, 6) is -0.635. The van der Waals surface area contributed by atoms with Crippen molar-refractivity contribution in [3.63, 3.8) is 0 Å². The van der Waals surface area contributed by atoms with E-state index in [2.05, 4.69) is 5.32 Å². The molecule has 1 amide bonds. The standard InChI is InChI=1S/C23H30N2O6/c1-6-29-21(27)18-12-25-14(2)30-13-16-10-15(11-17(19(16)25)20(18)26)8-7-9-24-22(28)31-23(3,4)5/h10-12,14H,6-9,13H2,1-5H3,(H,24,28). The van der Waals surface area contributed by atoms with Crippen molar-refractivity contribution in [1.29, 1.82) is 0 Å². The first kappa shape index (κ1) is 22.8. The van der Waals surface area contributed by atoms with Crippen LogP contribution in [0.15, 0.2) is 23.1 Å². The van der Waals surface area contributed by atoms with Crippen LogP contribution >= 0.6 is 0 Å². The number of hydrogen-bond acceptors (Lipinski definition) is 6. The van der Waals surface area contributed by atoms with Crippen LogP contribution in [0.2, 0.25) is 0 Å². The van der Waals surface area contributed by atoms with Gasteiger partial charge in [-0.25, -0.2) is 9.59 Å². The number of carbonyl (C=O) groups excluding carboxylic acids is 2. The highest BCUT2D eigenvalue weighted by atomic mass is 16.6. The largest absolute Gasteiger partial charge is 0.462 e. The Balaban J connectivity index is 1.85. The van der Waals surface area contributed by atoms with Gasteiger partial charge in [0.2, 0.25) is 5.43 Å². The van der Waals surface area contributed by atoms with Gasteiger partial charge in [0.05, 0.1) is 18.7 Å². The van der Waals surface area contributed by atoms with Crippen LogP contribution in [0.25, 0.3) is 10.9 Å². The molecule has 3 rings (SSSR count). The van der Waals surface area contributed by atoms with Gasteiger partial charge in [-0.2, -0.15) is 0 Å². The van der Waals surface area contributed by atoms with E-state index in [4.69, 9.17) is 14.2 Å². The Morgan fingerprint density at radius 3 is 2.71 bits per heavy atom. The summed E-state index contributed by atoms with van der Waals surface area (Å²) in [6.45, 7) is 10.0. The van der Waals surface area contributed by atoms with Gasteiger partial charge in [0.15, 0.2) is 0 Å². The van der Waals surface area contributed by atoms with Crippen LogP contribution in [0.4, 0.5) is 4.79 Å². The first-order valence-corrected chi connectivity index (χ1v) is 10.6. The molecule has 0 aliphatic carbocycles. The van der Waals surface area contributed by atoms with Gasteiger partial charge in [0.1, 0.15) is 17.4 Å². The van der Waals surface area contributed by atoms with E-state index >= 15 is 0 Å². The molecule has 1 aliphatic rings. The zero-order valence-electron chi connectivity index (χ0n) is 18.7. The zero-order chi connectivity index (χ0) is 22.8. The number of benzene rings is 1. The Hall–Kier alpha value is -2.87. The van der Waals surface area contributed by atoms with E-state index in [-0.39, 0.29) is 23.8 Å². The molecule has 168 valence electrons. The first-order valence-electron chi connectivity index (χ1n) is 10.6. The van der Waals surface area contributed by atoms with E-state index in [0.29, 0.717) is 31.4 Å². The monoisotopic (exact) mass is 430 g/mol. The lowest BCUT2D eigenvalue weighted by Gasteiger charge is -2.27. The Bertz CT molecular complexity index is 1050. The van der Waals surface area contributed by atoms with Crippen molar-refractivity contribution in [3.05, 3.63) is 45.2 Å². The van der Waals surface area contributed by atoms with Crippen LogP contribution in [0.1, 0.15) is 68.8 Å². The molecule has 1 aromatic heterocycles. The normalized spacial score (nSPS) is 15.6. The van der Waals surface area contributed by atoms with E-state index in [9.17, 15) is 14.4 Å². The van der Waals surface area contributed by atoms with Crippen molar-refractivity contribution in [3.8, 4) is 0 Å². The highest BCUT2D eigenvalue weighted by Crippen LogP contribution is 2.29. The Morgan fingerprint density at radius 1 is 1.29 bits per heavy atom. The minimum absolute atomic E-state index is 0.00129. The number of pyridine rings is 1. The van der Waals surface area contributed by atoms with E-state index in [1.807, 2.05) is 44.4 Å².